The van der Waals surface area contributed by atoms with Crippen LogP contribution in [0.3, 0.4) is 0 Å². The first-order chi connectivity index (χ1) is 11.3. The van der Waals surface area contributed by atoms with E-state index in [1.165, 1.54) is 16.5 Å². The molecule has 23 heavy (non-hydrogen) atoms. The van der Waals surface area contributed by atoms with Crippen LogP contribution < -0.4 is 0 Å². The Morgan fingerprint density at radius 1 is 1.09 bits per heavy atom. The molecular weight excluding hydrogens is 322 g/mol. The molecule has 0 saturated heterocycles. The number of hydrogen-bond donors (Lipinski definition) is 0. The smallest absolute Gasteiger partial charge is 0.128 e. The standard InChI is InChI=1S/C18H21N3S2/c1-3-21(4-2)10-11-22-17-16-15(14-8-6-5-7-9-14)12-23-18(16)20-13-19-17/h5-9,12-13H,3-4,10-11H2,1-2H3. The summed E-state index contributed by atoms with van der Waals surface area (Å²) in [4.78, 5) is 12.5. The van der Waals surface area contributed by atoms with E-state index >= 15 is 0 Å². The topological polar surface area (TPSA) is 29.0 Å². The van der Waals surface area contributed by atoms with Gasteiger partial charge in [0.15, 0.2) is 0 Å². The number of thioether (sulfide) groups is 1. The van der Waals surface area contributed by atoms with Gasteiger partial charge in [-0.1, -0.05) is 44.2 Å². The van der Waals surface area contributed by atoms with Gasteiger partial charge in [-0.15, -0.1) is 23.1 Å². The van der Waals surface area contributed by atoms with Crippen molar-refractivity contribution in [3.8, 4) is 11.1 Å². The second-order valence-electron chi connectivity index (χ2n) is 5.25. The summed E-state index contributed by atoms with van der Waals surface area (Å²) < 4.78 is 0. The zero-order valence-corrected chi connectivity index (χ0v) is 15.2. The number of fused-ring (bicyclic) bond motifs is 1. The van der Waals surface area contributed by atoms with Gasteiger partial charge < -0.3 is 4.90 Å². The molecule has 3 rings (SSSR count). The SMILES string of the molecule is CCN(CC)CCSc1ncnc2scc(-c3ccccc3)c12. The lowest BCUT2D eigenvalue weighted by Gasteiger charge is -2.17. The molecule has 0 radical (unpaired) electrons. The van der Waals surface area contributed by atoms with Gasteiger partial charge in [0.2, 0.25) is 0 Å². The van der Waals surface area contributed by atoms with Gasteiger partial charge in [-0.05, 0) is 18.7 Å². The molecule has 5 heteroatoms. The van der Waals surface area contributed by atoms with E-state index in [2.05, 4.69) is 58.4 Å². The third-order valence-electron chi connectivity index (χ3n) is 3.96. The molecule has 0 aliphatic carbocycles. The molecule has 0 aliphatic heterocycles. The van der Waals surface area contributed by atoms with Crippen LogP contribution in [0.15, 0.2) is 47.1 Å². The van der Waals surface area contributed by atoms with E-state index in [0.29, 0.717) is 0 Å². The highest BCUT2D eigenvalue weighted by Crippen LogP contribution is 2.37. The van der Waals surface area contributed by atoms with Crippen molar-refractivity contribution in [1.82, 2.24) is 14.9 Å². The second-order valence-corrected chi connectivity index (χ2v) is 7.19. The van der Waals surface area contributed by atoms with Gasteiger partial charge in [0.1, 0.15) is 16.2 Å². The fourth-order valence-corrected chi connectivity index (χ4v) is 4.59. The van der Waals surface area contributed by atoms with Gasteiger partial charge in [0.25, 0.3) is 0 Å². The van der Waals surface area contributed by atoms with Crippen LogP contribution in [0.4, 0.5) is 0 Å². The molecule has 2 aromatic heterocycles. The predicted molar refractivity (Wildman–Crippen MR) is 101 cm³/mol. The lowest BCUT2D eigenvalue weighted by atomic mass is 10.1. The number of aromatic nitrogens is 2. The van der Waals surface area contributed by atoms with Crippen LogP contribution in [0.25, 0.3) is 21.3 Å². The first-order valence-electron chi connectivity index (χ1n) is 7.96. The maximum atomic E-state index is 4.55. The summed E-state index contributed by atoms with van der Waals surface area (Å²) in [5.74, 6) is 1.05. The summed E-state index contributed by atoms with van der Waals surface area (Å²) in [7, 11) is 0. The first-order valence-corrected chi connectivity index (χ1v) is 9.82. The largest absolute Gasteiger partial charge is 0.303 e. The minimum atomic E-state index is 1.05. The lowest BCUT2D eigenvalue weighted by molar-refractivity contribution is 0.324. The Balaban J connectivity index is 1.87. The summed E-state index contributed by atoms with van der Waals surface area (Å²) in [6.45, 7) is 7.72. The van der Waals surface area contributed by atoms with Crippen LogP contribution in [0.1, 0.15) is 13.8 Å². The van der Waals surface area contributed by atoms with Crippen LogP contribution in [0.2, 0.25) is 0 Å². The number of benzene rings is 1. The normalized spacial score (nSPS) is 11.4. The molecule has 0 amide bonds. The molecule has 1 aromatic carbocycles. The molecule has 0 saturated carbocycles. The van der Waals surface area contributed by atoms with E-state index in [4.69, 9.17) is 0 Å². The number of rotatable bonds is 7. The van der Waals surface area contributed by atoms with E-state index in [9.17, 15) is 0 Å². The van der Waals surface area contributed by atoms with Crippen molar-refractivity contribution in [3.63, 3.8) is 0 Å². The van der Waals surface area contributed by atoms with Crippen molar-refractivity contribution >= 4 is 33.3 Å². The quantitative estimate of drug-likeness (QED) is 0.455. The van der Waals surface area contributed by atoms with Crippen molar-refractivity contribution in [3.05, 3.63) is 42.0 Å². The summed E-state index contributed by atoms with van der Waals surface area (Å²) in [6, 6.07) is 10.5. The first kappa shape index (κ1) is 16.4. The van der Waals surface area contributed by atoms with Crippen LogP contribution in [-0.4, -0.2) is 40.3 Å². The highest BCUT2D eigenvalue weighted by atomic mass is 32.2. The fourth-order valence-electron chi connectivity index (χ4n) is 2.60. The number of hydrogen-bond acceptors (Lipinski definition) is 5. The molecule has 3 nitrogen and oxygen atoms in total. The Hall–Kier alpha value is -1.43. The second kappa shape index (κ2) is 7.90. The summed E-state index contributed by atoms with van der Waals surface area (Å²) in [5, 5.41) is 4.50. The van der Waals surface area contributed by atoms with Gasteiger partial charge >= 0.3 is 0 Å². The minimum Gasteiger partial charge on any atom is -0.303 e. The maximum Gasteiger partial charge on any atom is 0.128 e. The van der Waals surface area contributed by atoms with Gasteiger partial charge in [0, 0.05) is 23.2 Å². The Bertz CT molecular complexity index is 751. The van der Waals surface area contributed by atoms with Gasteiger partial charge in [-0.3, -0.25) is 0 Å². The van der Waals surface area contributed by atoms with E-state index < -0.39 is 0 Å². The average Bonchev–Trinajstić information content (AvgIpc) is 3.04. The molecule has 0 atom stereocenters. The lowest BCUT2D eigenvalue weighted by Crippen LogP contribution is -2.25. The monoisotopic (exact) mass is 343 g/mol. The van der Waals surface area contributed by atoms with Gasteiger partial charge in [0.05, 0.1) is 5.39 Å². The summed E-state index contributed by atoms with van der Waals surface area (Å²) in [6.07, 6.45) is 1.69. The molecule has 120 valence electrons. The van der Waals surface area contributed by atoms with Crippen molar-refractivity contribution in [2.45, 2.75) is 18.9 Å². The third-order valence-corrected chi connectivity index (χ3v) is 5.82. The molecule has 0 fully saturated rings. The average molecular weight is 344 g/mol. The van der Waals surface area contributed by atoms with Crippen LogP contribution in [-0.2, 0) is 0 Å². The Morgan fingerprint density at radius 2 is 1.87 bits per heavy atom. The fraction of sp³-hybridized carbons (Fsp3) is 0.333. The molecule has 0 N–H and O–H groups in total. The molecule has 0 spiro atoms. The van der Waals surface area contributed by atoms with Gasteiger partial charge in [-0.25, -0.2) is 9.97 Å². The minimum absolute atomic E-state index is 1.05. The molecule has 2 heterocycles. The van der Waals surface area contributed by atoms with Gasteiger partial charge in [-0.2, -0.15) is 0 Å². The predicted octanol–water partition coefficient (Wildman–Crippen LogP) is 4.79. The highest BCUT2D eigenvalue weighted by molar-refractivity contribution is 7.99. The zero-order valence-electron chi connectivity index (χ0n) is 13.5. The Labute approximate surface area is 145 Å². The molecular formula is C18H21N3S2. The van der Waals surface area contributed by atoms with Crippen LogP contribution in [0.5, 0.6) is 0 Å². The van der Waals surface area contributed by atoms with E-state index in [0.717, 1.165) is 35.2 Å². The summed E-state index contributed by atoms with van der Waals surface area (Å²) in [5.41, 5.74) is 2.48. The Kier molecular flexibility index (Phi) is 5.65. The van der Waals surface area contributed by atoms with Crippen molar-refractivity contribution in [1.29, 1.82) is 0 Å². The molecule has 0 bridgehead atoms. The molecule has 0 unspecified atom stereocenters. The molecule has 3 aromatic rings. The van der Waals surface area contributed by atoms with E-state index in [-0.39, 0.29) is 0 Å². The van der Waals surface area contributed by atoms with E-state index in [1.54, 1.807) is 17.7 Å². The van der Waals surface area contributed by atoms with Crippen molar-refractivity contribution in [2.75, 3.05) is 25.4 Å². The number of thiophene rings is 1. The highest BCUT2D eigenvalue weighted by Gasteiger charge is 2.13. The third kappa shape index (κ3) is 3.74. The Morgan fingerprint density at radius 3 is 2.61 bits per heavy atom. The number of nitrogens with zero attached hydrogens (tertiary/aromatic N) is 3. The summed E-state index contributed by atoms with van der Waals surface area (Å²) >= 11 is 3.53. The van der Waals surface area contributed by atoms with Crippen molar-refractivity contribution in [2.24, 2.45) is 0 Å². The van der Waals surface area contributed by atoms with Crippen molar-refractivity contribution < 1.29 is 0 Å². The van der Waals surface area contributed by atoms with Crippen LogP contribution >= 0.6 is 23.1 Å². The molecule has 0 aliphatic rings. The maximum absolute atomic E-state index is 4.55. The van der Waals surface area contributed by atoms with Crippen LogP contribution in [0, 0.1) is 0 Å². The zero-order chi connectivity index (χ0) is 16.1. The van der Waals surface area contributed by atoms with E-state index in [1.807, 2.05) is 17.8 Å².